The molecule has 1 amide bonds. The monoisotopic (exact) mass is 272 g/mol. The molecule has 1 aromatic carbocycles. The SMILES string of the molecule is O=C(C=CN1CCOCC1)N1CCCc2ccccc21. The molecule has 2 aliphatic rings. The summed E-state index contributed by atoms with van der Waals surface area (Å²) in [6, 6.07) is 8.18. The van der Waals surface area contributed by atoms with Crippen molar-refractivity contribution in [2.45, 2.75) is 12.8 Å². The minimum Gasteiger partial charge on any atom is -0.378 e. The third-order valence-electron chi connectivity index (χ3n) is 3.85. The summed E-state index contributed by atoms with van der Waals surface area (Å²) in [5.74, 6) is 0.0728. The Morgan fingerprint density at radius 2 is 1.95 bits per heavy atom. The molecule has 0 radical (unpaired) electrons. The van der Waals surface area contributed by atoms with Gasteiger partial charge < -0.3 is 14.5 Å². The van der Waals surface area contributed by atoms with Crippen molar-refractivity contribution < 1.29 is 9.53 Å². The van der Waals surface area contributed by atoms with Crippen LogP contribution in [0.1, 0.15) is 12.0 Å². The van der Waals surface area contributed by atoms with E-state index in [1.807, 2.05) is 29.3 Å². The molecule has 0 N–H and O–H groups in total. The summed E-state index contributed by atoms with van der Waals surface area (Å²) in [7, 11) is 0. The van der Waals surface area contributed by atoms with Gasteiger partial charge in [-0.1, -0.05) is 18.2 Å². The maximum atomic E-state index is 12.4. The first-order valence-electron chi connectivity index (χ1n) is 7.24. The lowest BCUT2D eigenvalue weighted by atomic mass is 10.0. The van der Waals surface area contributed by atoms with Gasteiger partial charge in [0, 0.05) is 37.6 Å². The second-order valence-corrected chi connectivity index (χ2v) is 5.19. The highest BCUT2D eigenvalue weighted by atomic mass is 16.5. The van der Waals surface area contributed by atoms with Crippen molar-refractivity contribution in [2.24, 2.45) is 0 Å². The lowest BCUT2D eigenvalue weighted by Gasteiger charge is -2.29. The molecule has 0 unspecified atom stereocenters. The lowest BCUT2D eigenvalue weighted by molar-refractivity contribution is -0.114. The van der Waals surface area contributed by atoms with E-state index in [9.17, 15) is 4.79 Å². The fourth-order valence-electron chi connectivity index (χ4n) is 2.75. The predicted octanol–water partition coefficient (Wildman–Crippen LogP) is 1.81. The van der Waals surface area contributed by atoms with Gasteiger partial charge in [-0.25, -0.2) is 0 Å². The Labute approximate surface area is 119 Å². The van der Waals surface area contributed by atoms with Gasteiger partial charge in [0.05, 0.1) is 13.2 Å². The van der Waals surface area contributed by atoms with Crippen LogP contribution in [0, 0.1) is 0 Å². The van der Waals surface area contributed by atoms with Gasteiger partial charge in [-0.3, -0.25) is 4.79 Å². The van der Waals surface area contributed by atoms with Gasteiger partial charge in [0.15, 0.2) is 0 Å². The van der Waals surface area contributed by atoms with Crippen molar-refractivity contribution in [3.05, 3.63) is 42.1 Å². The standard InChI is InChI=1S/C16H20N2O2/c19-16(7-9-17-10-12-20-13-11-17)18-8-3-5-14-4-1-2-6-15(14)18/h1-2,4,6-7,9H,3,5,8,10-13H2. The van der Waals surface area contributed by atoms with Crippen LogP contribution in [-0.2, 0) is 16.0 Å². The number of fused-ring (bicyclic) bond motifs is 1. The molecule has 4 heteroatoms. The van der Waals surface area contributed by atoms with E-state index >= 15 is 0 Å². The van der Waals surface area contributed by atoms with Crippen molar-refractivity contribution >= 4 is 11.6 Å². The second-order valence-electron chi connectivity index (χ2n) is 5.19. The zero-order valence-electron chi connectivity index (χ0n) is 11.6. The van der Waals surface area contributed by atoms with Gasteiger partial charge in [-0.05, 0) is 24.5 Å². The Bertz CT molecular complexity index is 507. The number of para-hydroxylation sites is 1. The highest BCUT2D eigenvalue weighted by Crippen LogP contribution is 2.26. The third kappa shape index (κ3) is 2.85. The zero-order chi connectivity index (χ0) is 13.8. The summed E-state index contributed by atoms with van der Waals surface area (Å²) in [5.41, 5.74) is 2.34. The molecule has 0 atom stereocenters. The minimum atomic E-state index is 0.0728. The summed E-state index contributed by atoms with van der Waals surface area (Å²) < 4.78 is 5.30. The highest BCUT2D eigenvalue weighted by molar-refractivity contribution is 6.02. The van der Waals surface area contributed by atoms with Crippen LogP contribution in [-0.4, -0.2) is 43.7 Å². The molecule has 4 nitrogen and oxygen atoms in total. The molecule has 2 aliphatic heterocycles. The number of aryl methyl sites for hydroxylation is 1. The second kappa shape index (κ2) is 6.09. The van der Waals surface area contributed by atoms with Crippen molar-refractivity contribution in [3.63, 3.8) is 0 Å². The molecule has 1 aromatic rings. The number of nitrogens with zero attached hydrogens (tertiary/aromatic N) is 2. The third-order valence-corrected chi connectivity index (χ3v) is 3.85. The van der Waals surface area contributed by atoms with Crippen LogP contribution in [0.3, 0.4) is 0 Å². The number of rotatable bonds is 2. The number of hydrogen-bond donors (Lipinski definition) is 0. The summed E-state index contributed by atoms with van der Waals surface area (Å²) in [6.45, 7) is 4.01. The van der Waals surface area contributed by atoms with E-state index in [1.165, 1.54) is 5.56 Å². The van der Waals surface area contributed by atoms with Crippen LogP contribution in [0.15, 0.2) is 36.5 Å². The summed E-state index contributed by atoms with van der Waals surface area (Å²) in [6.07, 6.45) is 5.69. The molecule has 0 aromatic heterocycles. The van der Waals surface area contributed by atoms with E-state index in [0.717, 1.165) is 51.4 Å². The number of carbonyl (C=O) groups excluding carboxylic acids is 1. The topological polar surface area (TPSA) is 32.8 Å². The van der Waals surface area contributed by atoms with Crippen LogP contribution in [0.5, 0.6) is 0 Å². The Morgan fingerprint density at radius 1 is 1.15 bits per heavy atom. The smallest absolute Gasteiger partial charge is 0.252 e. The van der Waals surface area contributed by atoms with E-state index in [1.54, 1.807) is 6.08 Å². The molecule has 1 fully saturated rings. The molecule has 0 bridgehead atoms. The molecular formula is C16H20N2O2. The number of morpholine rings is 1. The molecular weight excluding hydrogens is 252 g/mol. The largest absolute Gasteiger partial charge is 0.378 e. The first-order valence-corrected chi connectivity index (χ1v) is 7.24. The zero-order valence-corrected chi connectivity index (χ0v) is 11.6. The van der Waals surface area contributed by atoms with Crippen molar-refractivity contribution in [2.75, 3.05) is 37.7 Å². The first kappa shape index (κ1) is 13.2. The Morgan fingerprint density at radius 3 is 2.80 bits per heavy atom. The van der Waals surface area contributed by atoms with Crippen molar-refractivity contribution in [1.29, 1.82) is 0 Å². The highest BCUT2D eigenvalue weighted by Gasteiger charge is 2.20. The van der Waals surface area contributed by atoms with Crippen molar-refractivity contribution in [3.8, 4) is 0 Å². The van der Waals surface area contributed by atoms with Gasteiger partial charge in [0.2, 0.25) is 0 Å². The fraction of sp³-hybridized carbons (Fsp3) is 0.438. The molecule has 0 spiro atoms. The molecule has 106 valence electrons. The van der Waals surface area contributed by atoms with E-state index in [4.69, 9.17) is 4.74 Å². The predicted molar refractivity (Wildman–Crippen MR) is 78.6 cm³/mol. The average molecular weight is 272 g/mol. The molecule has 0 saturated carbocycles. The van der Waals surface area contributed by atoms with Gasteiger partial charge in [0.1, 0.15) is 0 Å². The lowest BCUT2D eigenvalue weighted by Crippen LogP contribution is -2.35. The fourth-order valence-corrected chi connectivity index (χ4v) is 2.75. The van der Waals surface area contributed by atoms with Crippen molar-refractivity contribution in [1.82, 2.24) is 4.90 Å². The maximum Gasteiger partial charge on any atom is 0.252 e. The normalized spacial score (nSPS) is 19.2. The van der Waals surface area contributed by atoms with Crippen LogP contribution in [0.4, 0.5) is 5.69 Å². The maximum absolute atomic E-state index is 12.4. The number of ether oxygens (including phenoxy) is 1. The molecule has 1 saturated heterocycles. The van der Waals surface area contributed by atoms with Crippen LogP contribution < -0.4 is 4.90 Å². The Hall–Kier alpha value is -1.81. The molecule has 20 heavy (non-hydrogen) atoms. The van der Waals surface area contributed by atoms with E-state index in [0.29, 0.717) is 0 Å². The van der Waals surface area contributed by atoms with Crippen LogP contribution in [0.25, 0.3) is 0 Å². The summed E-state index contributed by atoms with van der Waals surface area (Å²) in [5, 5.41) is 0. The molecule has 0 aliphatic carbocycles. The number of amides is 1. The number of anilines is 1. The van der Waals surface area contributed by atoms with Crippen LogP contribution in [0.2, 0.25) is 0 Å². The van der Waals surface area contributed by atoms with E-state index in [2.05, 4.69) is 11.0 Å². The summed E-state index contributed by atoms with van der Waals surface area (Å²) in [4.78, 5) is 16.4. The first-order chi connectivity index (χ1) is 9.84. The van der Waals surface area contributed by atoms with E-state index in [-0.39, 0.29) is 5.91 Å². The van der Waals surface area contributed by atoms with Gasteiger partial charge in [-0.2, -0.15) is 0 Å². The number of carbonyl (C=O) groups is 1. The summed E-state index contributed by atoms with van der Waals surface area (Å²) >= 11 is 0. The Balaban J connectivity index is 1.70. The van der Waals surface area contributed by atoms with E-state index < -0.39 is 0 Å². The quantitative estimate of drug-likeness (QED) is 0.770. The molecule has 3 rings (SSSR count). The van der Waals surface area contributed by atoms with Crippen LogP contribution >= 0.6 is 0 Å². The van der Waals surface area contributed by atoms with Gasteiger partial charge in [0.25, 0.3) is 5.91 Å². The Kier molecular flexibility index (Phi) is 4.02. The molecule has 2 heterocycles. The number of hydrogen-bond acceptors (Lipinski definition) is 3. The van der Waals surface area contributed by atoms with Gasteiger partial charge >= 0.3 is 0 Å². The minimum absolute atomic E-state index is 0.0728. The van der Waals surface area contributed by atoms with Gasteiger partial charge in [-0.15, -0.1) is 0 Å². The number of benzene rings is 1. The average Bonchev–Trinajstić information content (AvgIpc) is 2.53.